The number of rotatable bonds is 6. The number of ether oxygens (including phenoxy) is 2. The van der Waals surface area contributed by atoms with E-state index in [0.717, 1.165) is 12.8 Å². The van der Waals surface area contributed by atoms with Crippen molar-refractivity contribution in [2.45, 2.75) is 46.1 Å². The van der Waals surface area contributed by atoms with E-state index in [1.165, 1.54) is 0 Å². The van der Waals surface area contributed by atoms with Gasteiger partial charge in [-0.1, -0.05) is 0 Å². The second-order valence-electron chi connectivity index (χ2n) is 5.70. The van der Waals surface area contributed by atoms with Gasteiger partial charge < -0.3 is 14.8 Å². The Morgan fingerprint density at radius 3 is 2.33 bits per heavy atom. The van der Waals surface area contributed by atoms with Crippen LogP contribution in [0.1, 0.15) is 40.5 Å². The van der Waals surface area contributed by atoms with Crippen LogP contribution in [0.5, 0.6) is 0 Å². The lowest BCUT2D eigenvalue weighted by atomic mass is 10.0. The third-order valence-corrected chi connectivity index (χ3v) is 2.85. The number of nitrogens with one attached hydrogen (secondary N) is 1. The van der Waals surface area contributed by atoms with Crippen molar-refractivity contribution < 1.29 is 19.1 Å². The van der Waals surface area contributed by atoms with E-state index < -0.39 is 17.1 Å². The molecule has 104 valence electrons. The van der Waals surface area contributed by atoms with Crippen molar-refractivity contribution in [3.8, 4) is 0 Å². The molecule has 1 N–H and O–H groups in total. The molecule has 0 unspecified atom stereocenters. The molecule has 5 heteroatoms. The molecule has 0 bridgehead atoms. The maximum Gasteiger partial charge on any atom is 0.407 e. The summed E-state index contributed by atoms with van der Waals surface area (Å²) in [5, 5.41) is 2.66. The normalized spacial score (nSPS) is 17.1. The monoisotopic (exact) mass is 257 g/mol. The summed E-state index contributed by atoms with van der Waals surface area (Å²) in [6, 6.07) is 0. The van der Waals surface area contributed by atoms with Gasteiger partial charge in [-0.25, -0.2) is 4.79 Å². The zero-order valence-electron chi connectivity index (χ0n) is 11.7. The molecule has 0 spiro atoms. The second-order valence-corrected chi connectivity index (χ2v) is 5.70. The first-order chi connectivity index (χ1) is 8.29. The van der Waals surface area contributed by atoms with Crippen LogP contribution in [0.2, 0.25) is 0 Å². The van der Waals surface area contributed by atoms with Gasteiger partial charge in [-0.15, -0.1) is 0 Å². The SMILES string of the molecule is CCOCC(=O)C1(CNC(=O)OC(C)(C)C)CC1. The molecule has 1 fully saturated rings. The highest BCUT2D eigenvalue weighted by Gasteiger charge is 2.49. The Bertz CT molecular complexity index is 315. The number of ketones is 1. The number of amides is 1. The van der Waals surface area contributed by atoms with Crippen LogP contribution in [0.3, 0.4) is 0 Å². The number of carbonyl (C=O) groups excluding carboxylic acids is 2. The van der Waals surface area contributed by atoms with Crippen LogP contribution in [-0.2, 0) is 14.3 Å². The molecule has 1 amide bonds. The molecule has 0 aromatic carbocycles. The van der Waals surface area contributed by atoms with E-state index in [2.05, 4.69) is 5.32 Å². The molecule has 0 aliphatic heterocycles. The van der Waals surface area contributed by atoms with Crippen LogP contribution in [0.15, 0.2) is 0 Å². The van der Waals surface area contributed by atoms with Crippen molar-refractivity contribution in [2.75, 3.05) is 19.8 Å². The molecule has 0 radical (unpaired) electrons. The highest BCUT2D eigenvalue weighted by atomic mass is 16.6. The summed E-state index contributed by atoms with van der Waals surface area (Å²) in [6.07, 6.45) is 1.15. The summed E-state index contributed by atoms with van der Waals surface area (Å²) < 4.78 is 10.2. The molecule has 0 heterocycles. The number of hydrogen-bond donors (Lipinski definition) is 1. The molecule has 0 atom stereocenters. The molecule has 0 aromatic heterocycles. The van der Waals surface area contributed by atoms with Crippen LogP contribution in [0.4, 0.5) is 4.79 Å². The Morgan fingerprint density at radius 1 is 1.28 bits per heavy atom. The Kier molecular flexibility index (Phi) is 4.73. The van der Waals surface area contributed by atoms with Crippen molar-refractivity contribution in [1.29, 1.82) is 0 Å². The highest BCUT2D eigenvalue weighted by molar-refractivity contribution is 5.89. The van der Waals surface area contributed by atoms with Crippen molar-refractivity contribution in [3.63, 3.8) is 0 Å². The van der Waals surface area contributed by atoms with Crippen LogP contribution in [0.25, 0.3) is 0 Å². The average Bonchev–Trinajstić information content (AvgIpc) is 3.02. The van der Waals surface area contributed by atoms with Crippen LogP contribution < -0.4 is 5.32 Å². The zero-order chi connectivity index (χ0) is 13.8. The fourth-order valence-corrected chi connectivity index (χ4v) is 1.61. The quantitative estimate of drug-likeness (QED) is 0.789. The average molecular weight is 257 g/mol. The summed E-state index contributed by atoms with van der Waals surface area (Å²) in [4.78, 5) is 23.4. The van der Waals surface area contributed by atoms with Gasteiger partial charge in [0.05, 0.1) is 0 Å². The molecule has 1 rings (SSSR count). The Morgan fingerprint density at radius 2 is 1.89 bits per heavy atom. The number of carbonyl (C=O) groups is 2. The zero-order valence-corrected chi connectivity index (χ0v) is 11.7. The lowest BCUT2D eigenvalue weighted by Crippen LogP contribution is -2.39. The lowest BCUT2D eigenvalue weighted by Gasteiger charge is -2.21. The van der Waals surface area contributed by atoms with E-state index in [-0.39, 0.29) is 12.4 Å². The Labute approximate surface area is 108 Å². The fourth-order valence-electron chi connectivity index (χ4n) is 1.61. The molecule has 1 aliphatic carbocycles. The van der Waals surface area contributed by atoms with Gasteiger partial charge in [-0.3, -0.25) is 4.79 Å². The molecule has 0 aromatic rings. The fraction of sp³-hybridized carbons (Fsp3) is 0.846. The predicted octanol–water partition coefficient (Wildman–Crippen LogP) is 1.90. The third-order valence-electron chi connectivity index (χ3n) is 2.85. The van der Waals surface area contributed by atoms with Crippen molar-refractivity contribution >= 4 is 11.9 Å². The van der Waals surface area contributed by atoms with E-state index >= 15 is 0 Å². The van der Waals surface area contributed by atoms with Crippen LogP contribution in [-0.4, -0.2) is 37.2 Å². The summed E-state index contributed by atoms with van der Waals surface area (Å²) in [7, 11) is 0. The van der Waals surface area contributed by atoms with Crippen molar-refractivity contribution in [2.24, 2.45) is 5.41 Å². The molecule has 5 nitrogen and oxygen atoms in total. The first-order valence-corrected chi connectivity index (χ1v) is 6.37. The first kappa shape index (κ1) is 15.0. The topological polar surface area (TPSA) is 64.6 Å². The summed E-state index contributed by atoms with van der Waals surface area (Å²) in [6.45, 7) is 8.27. The molecule has 1 aliphatic rings. The van der Waals surface area contributed by atoms with Gasteiger partial charge in [0.2, 0.25) is 0 Å². The van der Waals surface area contributed by atoms with Gasteiger partial charge in [0, 0.05) is 18.6 Å². The minimum Gasteiger partial charge on any atom is -0.444 e. The molecule has 18 heavy (non-hydrogen) atoms. The Balaban J connectivity index is 2.34. The maximum absolute atomic E-state index is 11.9. The van der Waals surface area contributed by atoms with E-state index in [4.69, 9.17) is 9.47 Å². The number of Topliss-reactive ketones (excluding diaryl/α,β-unsaturated/α-hetero) is 1. The third kappa shape index (κ3) is 4.64. The molecular weight excluding hydrogens is 234 g/mol. The van der Waals surface area contributed by atoms with Gasteiger partial charge in [0.1, 0.15) is 12.2 Å². The minimum absolute atomic E-state index is 0.0698. The van der Waals surface area contributed by atoms with Gasteiger partial charge in [-0.2, -0.15) is 0 Å². The number of alkyl carbamates (subject to hydrolysis) is 1. The van der Waals surface area contributed by atoms with Crippen molar-refractivity contribution in [3.05, 3.63) is 0 Å². The summed E-state index contributed by atoms with van der Waals surface area (Å²) >= 11 is 0. The predicted molar refractivity (Wildman–Crippen MR) is 67.4 cm³/mol. The second kappa shape index (κ2) is 5.69. The number of hydrogen-bond acceptors (Lipinski definition) is 4. The molecular formula is C13H23NO4. The maximum atomic E-state index is 11.9. The van der Waals surface area contributed by atoms with Crippen molar-refractivity contribution in [1.82, 2.24) is 5.32 Å². The summed E-state index contributed by atoms with van der Waals surface area (Å²) in [5.41, 5.74) is -0.928. The lowest BCUT2D eigenvalue weighted by molar-refractivity contribution is -0.128. The van der Waals surface area contributed by atoms with Gasteiger partial charge in [0.15, 0.2) is 5.78 Å². The van der Waals surface area contributed by atoms with E-state index in [1.54, 1.807) is 20.8 Å². The van der Waals surface area contributed by atoms with E-state index in [1.807, 2.05) is 6.92 Å². The van der Waals surface area contributed by atoms with E-state index in [0.29, 0.717) is 13.2 Å². The van der Waals surface area contributed by atoms with E-state index in [9.17, 15) is 9.59 Å². The van der Waals surface area contributed by atoms with Crippen LogP contribution in [0, 0.1) is 5.41 Å². The summed E-state index contributed by atoms with van der Waals surface area (Å²) in [5.74, 6) is 0.0698. The van der Waals surface area contributed by atoms with Crippen LogP contribution >= 0.6 is 0 Å². The van der Waals surface area contributed by atoms with Gasteiger partial charge in [0.25, 0.3) is 0 Å². The van der Waals surface area contributed by atoms with Gasteiger partial charge >= 0.3 is 6.09 Å². The highest BCUT2D eigenvalue weighted by Crippen LogP contribution is 2.45. The minimum atomic E-state index is -0.518. The first-order valence-electron chi connectivity index (χ1n) is 6.37. The Hall–Kier alpha value is -1.10. The van der Waals surface area contributed by atoms with Gasteiger partial charge in [-0.05, 0) is 40.5 Å². The standard InChI is InChI=1S/C13H23NO4/c1-5-17-8-10(15)13(6-7-13)9-14-11(16)18-12(2,3)4/h5-9H2,1-4H3,(H,14,16). The smallest absolute Gasteiger partial charge is 0.407 e. The molecule has 1 saturated carbocycles. The largest absolute Gasteiger partial charge is 0.444 e. The molecule has 0 saturated heterocycles.